The molecule has 0 aromatic heterocycles. The van der Waals surface area contributed by atoms with Crippen LogP contribution in [-0.4, -0.2) is 78.0 Å². The third-order valence-corrected chi connectivity index (χ3v) is 4.85. The zero-order valence-corrected chi connectivity index (χ0v) is 14.4. The molecular weight excluding hydrogens is 344 g/mol. The second kappa shape index (κ2) is 6.28. The van der Waals surface area contributed by atoms with Gasteiger partial charge in [-0.3, -0.25) is 19.2 Å². The first-order valence-electron chi connectivity index (χ1n) is 6.96. The summed E-state index contributed by atoms with van der Waals surface area (Å²) in [6.45, 7) is 3.26. The van der Waals surface area contributed by atoms with Crippen LogP contribution in [-0.2, 0) is 23.9 Å². The second-order valence-electron chi connectivity index (χ2n) is 5.86. The molecule has 1 rings (SSSR count). The minimum absolute atomic E-state index is 0.720. The third-order valence-electron chi connectivity index (χ3n) is 4.36. The molecule has 24 heavy (non-hydrogen) atoms. The summed E-state index contributed by atoms with van der Waals surface area (Å²) in [6, 6.07) is 0. The molecule has 0 amide bonds. The van der Waals surface area contributed by atoms with E-state index in [0.29, 0.717) is 0 Å². The van der Waals surface area contributed by atoms with Gasteiger partial charge in [0, 0.05) is 0 Å². The Morgan fingerprint density at radius 3 is 1.67 bits per heavy atom. The van der Waals surface area contributed by atoms with Crippen molar-refractivity contribution in [2.24, 2.45) is 0 Å². The van der Waals surface area contributed by atoms with E-state index in [-0.39, 0.29) is 0 Å². The van der Waals surface area contributed by atoms with E-state index in [2.05, 4.69) is 12.6 Å². The highest BCUT2D eigenvalue weighted by molar-refractivity contribution is 7.80. The maximum Gasteiger partial charge on any atom is 0.201 e. The summed E-state index contributed by atoms with van der Waals surface area (Å²) in [4.78, 5) is 48.2. The van der Waals surface area contributed by atoms with Crippen LogP contribution in [0.1, 0.15) is 27.7 Å². The van der Waals surface area contributed by atoms with Crippen LogP contribution in [0.4, 0.5) is 0 Å². The predicted octanol–water partition coefficient (Wildman–Crippen LogP) is -2.45. The summed E-state index contributed by atoms with van der Waals surface area (Å²) >= 11 is 3.80. The highest BCUT2D eigenvalue weighted by Gasteiger charge is 2.78. The van der Waals surface area contributed by atoms with E-state index in [1.807, 2.05) is 0 Å². The summed E-state index contributed by atoms with van der Waals surface area (Å²) in [5, 5.41) is 41.7. The SMILES string of the molecule is CC(=O)[C@@]1(O)[C@](O)(C(C)=O)[C@H](S)O[C@H](C(=O)C(C)O)[C@@]1(O)C(C)=O. The van der Waals surface area contributed by atoms with Gasteiger partial charge >= 0.3 is 0 Å². The van der Waals surface area contributed by atoms with E-state index in [4.69, 9.17) is 4.74 Å². The lowest BCUT2D eigenvalue weighted by Gasteiger charge is -2.56. The Hall–Kier alpha value is -1.17. The van der Waals surface area contributed by atoms with Crippen molar-refractivity contribution in [1.82, 2.24) is 0 Å². The van der Waals surface area contributed by atoms with Gasteiger partial charge in [-0.2, -0.15) is 0 Å². The maximum atomic E-state index is 12.1. The van der Waals surface area contributed by atoms with Crippen molar-refractivity contribution in [3.63, 3.8) is 0 Å². The number of carbonyl (C=O) groups is 4. The Morgan fingerprint density at radius 2 is 1.38 bits per heavy atom. The topological polar surface area (TPSA) is 158 Å². The zero-order chi connectivity index (χ0) is 19.2. The van der Waals surface area contributed by atoms with E-state index in [1.165, 1.54) is 0 Å². The number of ether oxygens (including phenoxy) is 1. The van der Waals surface area contributed by atoms with Crippen LogP contribution in [0.5, 0.6) is 0 Å². The Bertz CT molecular complexity index is 603. The summed E-state index contributed by atoms with van der Waals surface area (Å²) in [5.74, 6) is -5.14. The van der Waals surface area contributed by atoms with Gasteiger partial charge in [-0.15, -0.1) is 12.6 Å². The van der Waals surface area contributed by atoms with Crippen molar-refractivity contribution in [2.75, 3.05) is 0 Å². The highest BCUT2D eigenvalue weighted by atomic mass is 32.1. The highest BCUT2D eigenvalue weighted by Crippen LogP contribution is 2.47. The van der Waals surface area contributed by atoms with Gasteiger partial charge in [-0.05, 0) is 27.7 Å². The van der Waals surface area contributed by atoms with Crippen LogP contribution >= 0.6 is 12.6 Å². The van der Waals surface area contributed by atoms with Crippen LogP contribution < -0.4 is 0 Å². The number of hydrogen-bond acceptors (Lipinski definition) is 10. The van der Waals surface area contributed by atoms with Crippen LogP contribution in [0.3, 0.4) is 0 Å². The second-order valence-corrected chi connectivity index (χ2v) is 6.33. The molecule has 1 aliphatic heterocycles. The van der Waals surface area contributed by atoms with Gasteiger partial charge in [0.15, 0.2) is 40.4 Å². The molecule has 0 aliphatic carbocycles. The van der Waals surface area contributed by atoms with Crippen LogP contribution in [0.25, 0.3) is 0 Å². The van der Waals surface area contributed by atoms with Gasteiger partial charge in [0.2, 0.25) is 5.60 Å². The van der Waals surface area contributed by atoms with Crippen molar-refractivity contribution in [3.8, 4) is 0 Å². The standard InChI is InChI=1S/C14H20O9S/c1-5(15)9(19)10-12(20,6(2)16)14(22,8(4)18)13(21,7(3)17)11(24)23-10/h5,10-11,15,20-22,24H,1-4H3/t5?,10-,11+,12+,13+,14+/m1/s1. The largest absolute Gasteiger partial charge is 0.386 e. The van der Waals surface area contributed by atoms with Gasteiger partial charge in [0.05, 0.1) is 0 Å². The number of rotatable bonds is 5. The van der Waals surface area contributed by atoms with Crippen molar-refractivity contribution in [2.45, 2.75) is 62.1 Å². The number of aliphatic hydroxyl groups is 4. The molecule has 1 unspecified atom stereocenters. The van der Waals surface area contributed by atoms with E-state index >= 15 is 0 Å². The summed E-state index contributed by atoms with van der Waals surface area (Å²) in [6.07, 6.45) is -3.97. The van der Waals surface area contributed by atoms with Crippen molar-refractivity contribution >= 4 is 35.8 Å². The number of Topliss-reactive ketones (excluding diaryl/α,β-unsaturated/α-hetero) is 4. The van der Waals surface area contributed by atoms with Crippen LogP contribution in [0, 0.1) is 0 Å². The van der Waals surface area contributed by atoms with E-state index in [1.54, 1.807) is 0 Å². The third kappa shape index (κ3) is 2.37. The Balaban J connectivity index is 3.86. The number of carbonyl (C=O) groups excluding carboxylic acids is 4. The first kappa shape index (κ1) is 20.9. The molecule has 0 saturated carbocycles. The molecular formula is C14H20O9S. The fraction of sp³-hybridized carbons (Fsp3) is 0.714. The van der Waals surface area contributed by atoms with Crippen LogP contribution in [0.15, 0.2) is 0 Å². The van der Waals surface area contributed by atoms with Crippen LogP contribution in [0.2, 0.25) is 0 Å². The summed E-state index contributed by atoms with van der Waals surface area (Å²) in [5.41, 5.74) is -11.8. The van der Waals surface area contributed by atoms with Gasteiger partial charge < -0.3 is 25.2 Å². The fourth-order valence-corrected chi connectivity index (χ4v) is 3.37. The Labute approximate surface area is 143 Å². The molecule has 1 saturated heterocycles. The molecule has 0 aromatic carbocycles. The molecule has 0 radical (unpaired) electrons. The molecule has 1 heterocycles. The monoisotopic (exact) mass is 364 g/mol. The minimum Gasteiger partial charge on any atom is -0.386 e. The number of aliphatic hydroxyl groups excluding tert-OH is 1. The molecule has 1 fully saturated rings. The predicted molar refractivity (Wildman–Crippen MR) is 81.2 cm³/mol. The van der Waals surface area contributed by atoms with Gasteiger partial charge in [0.25, 0.3) is 0 Å². The number of thiol groups is 1. The summed E-state index contributed by atoms with van der Waals surface area (Å²) < 4.78 is 5.01. The van der Waals surface area contributed by atoms with Crippen molar-refractivity contribution in [1.29, 1.82) is 0 Å². The lowest BCUT2D eigenvalue weighted by atomic mass is 9.60. The van der Waals surface area contributed by atoms with E-state index in [9.17, 15) is 39.6 Å². The Morgan fingerprint density at radius 1 is 0.958 bits per heavy atom. The molecule has 0 spiro atoms. The number of hydrogen-bond donors (Lipinski definition) is 5. The fourth-order valence-electron chi connectivity index (χ4n) is 2.88. The average Bonchev–Trinajstić information content (AvgIpc) is 2.46. The van der Waals surface area contributed by atoms with Crippen molar-refractivity contribution < 1.29 is 44.3 Å². The Kier molecular flexibility index (Phi) is 5.46. The number of ketones is 4. The smallest absolute Gasteiger partial charge is 0.201 e. The van der Waals surface area contributed by atoms with Crippen molar-refractivity contribution in [3.05, 3.63) is 0 Å². The molecule has 136 valence electrons. The molecule has 1 aliphatic rings. The zero-order valence-electron chi connectivity index (χ0n) is 13.5. The average molecular weight is 364 g/mol. The maximum absolute atomic E-state index is 12.1. The molecule has 10 heteroatoms. The lowest BCUT2D eigenvalue weighted by Crippen LogP contribution is -2.86. The molecule has 6 atom stereocenters. The first-order chi connectivity index (χ1) is 10.7. The van der Waals surface area contributed by atoms with E-state index < -0.39 is 57.6 Å². The normalized spacial score (nSPS) is 40.7. The molecule has 0 aromatic rings. The molecule has 0 bridgehead atoms. The van der Waals surface area contributed by atoms with Gasteiger partial charge in [-0.1, -0.05) is 0 Å². The first-order valence-corrected chi connectivity index (χ1v) is 7.47. The molecule has 4 N–H and O–H groups in total. The van der Waals surface area contributed by atoms with E-state index in [0.717, 1.165) is 27.7 Å². The van der Waals surface area contributed by atoms with Gasteiger partial charge in [-0.25, -0.2) is 0 Å². The quantitative estimate of drug-likeness (QED) is 0.334. The summed E-state index contributed by atoms with van der Waals surface area (Å²) in [7, 11) is 0. The molecule has 9 nitrogen and oxygen atoms in total. The minimum atomic E-state index is -3.42. The lowest BCUT2D eigenvalue weighted by molar-refractivity contribution is -0.297. The van der Waals surface area contributed by atoms with Gasteiger partial charge in [0.1, 0.15) is 11.5 Å².